The zero-order valence-electron chi connectivity index (χ0n) is 19.7. The fourth-order valence-corrected chi connectivity index (χ4v) is 4.47. The van der Waals surface area contributed by atoms with Crippen molar-refractivity contribution in [1.29, 1.82) is 0 Å². The van der Waals surface area contributed by atoms with Crippen LogP contribution in [0, 0.1) is 0 Å². The Bertz CT molecular complexity index is 1030. The first-order chi connectivity index (χ1) is 16.0. The molecule has 1 aromatic carbocycles. The van der Waals surface area contributed by atoms with Crippen LogP contribution >= 0.6 is 0 Å². The number of hydrogen-bond acceptors (Lipinski definition) is 7. The van der Waals surface area contributed by atoms with Gasteiger partial charge >= 0.3 is 5.69 Å². The van der Waals surface area contributed by atoms with Crippen LogP contribution in [0.15, 0.2) is 16.9 Å². The third-order valence-electron chi connectivity index (χ3n) is 6.30. The molecule has 0 N–H and O–H groups in total. The molecule has 1 saturated carbocycles. The number of carbonyl (C=O) groups is 1. The van der Waals surface area contributed by atoms with Crippen molar-refractivity contribution in [3.63, 3.8) is 0 Å². The van der Waals surface area contributed by atoms with Crippen molar-refractivity contribution in [3.05, 3.63) is 34.0 Å². The van der Waals surface area contributed by atoms with Crippen LogP contribution in [0.3, 0.4) is 0 Å². The zero-order chi connectivity index (χ0) is 23.5. The Kier molecular flexibility index (Phi) is 6.92. The van der Waals surface area contributed by atoms with Gasteiger partial charge in [0.15, 0.2) is 11.5 Å². The van der Waals surface area contributed by atoms with Gasteiger partial charge in [0, 0.05) is 37.7 Å². The molecule has 1 aliphatic carbocycles. The standard InChI is InChI=1S/C23H32N4O6/c1-30-11-10-26-23(29)27(17-7-8-17)21(24-26)15-6-5-9-25(14-15)22(28)16-12-18(31-2)20(33-4)19(13-16)32-3/h12-13,15,17H,5-11,14H2,1-4H3. The number of amides is 1. The summed E-state index contributed by atoms with van der Waals surface area (Å²) in [5.41, 5.74) is 0.382. The minimum absolute atomic E-state index is 0.00170. The van der Waals surface area contributed by atoms with Crippen molar-refractivity contribution in [2.45, 2.75) is 44.2 Å². The van der Waals surface area contributed by atoms with E-state index in [1.807, 2.05) is 9.47 Å². The molecule has 4 rings (SSSR count). The summed E-state index contributed by atoms with van der Waals surface area (Å²) >= 11 is 0. The molecule has 2 aromatic rings. The molecule has 1 saturated heterocycles. The summed E-state index contributed by atoms with van der Waals surface area (Å²) in [6, 6.07) is 3.56. The van der Waals surface area contributed by atoms with Crippen LogP contribution in [0.2, 0.25) is 0 Å². The number of likely N-dealkylation sites (tertiary alicyclic amines) is 1. The first kappa shape index (κ1) is 23.2. The number of nitrogens with zero attached hydrogens (tertiary/aromatic N) is 4. The van der Waals surface area contributed by atoms with Gasteiger partial charge in [-0.2, -0.15) is 5.10 Å². The molecule has 1 unspecified atom stereocenters. The molecular formula is C23H32N4O6. The van der Waals surface area contributed by atoms with E-state index in [-0.39, 0.29) is 23.6 Å². The monoisotopic (exact) mass is 460 g/mol. The second-order valence-corrected chi connectivity index (χ2v) is 8.46. The van der Waals surface area contributed by atoms with Gasteiger partial charge in [-0.25, -0.2) is 9.48 Å². The van der Waals surface area contributed by atoms with E-state index in [0.29, 0.717) is 49.1 Å². The van der Waals surface area contributed by atoms with Crippen molar-refractivity contribution >= 4 is 5.91 Å². The highest BCUT2D eigenvalue weighted by Crippen LogP contribution is 2.40. The molecule has 1 amide bonds. The maximum atomic E-state index is 13.4. The van der Waals surface area contributed by atoms with Crippen molar-refractivity contribution in [1.82, 2.24) is 19.2 Å². The third-order valence-corrected chi connectivity index (χ3v) is 6.30. The summed E-state index contributed by atoms with van der Waals surface area (Å²) in [6.07, 6.45) is 3.70. The van der Waals surface area contributed by atoms with Crippen LogP contribution in [-0.4, -0.2) is 73.3 Å². The molecule has 1 atom stereocenters. The maximum absolute atomic E-state index is 13.4. The van der Waals surface area contributed by atoms with Crippen molar-refractivity contribution in [3.8, 4) is 17.2 Å². The predicted molar refractivity (Wildman–Crippen MR) is 121 cm³/mol. The summed E-state index contributed by atoms with van der Waals surface area (Å²) in [5.74, 6) is 1.99. The SMILES string of the molecule is COCCn1nc(C2CCCN(C(=O)c3cc(OC)c(OC)c(OC)c3)C2)n(C2CC2)c1=O. The Labute approximate surface area is 193 Å². The zero-order valence-corrected chi connectivity index (χ0v) is 19.7. The second kappa shape index (κ2) is 9.86. The van der Waals surface area contributed by atoms with Gasteiger partial charge in [-0.3, -0.25) is 9.36 Å². The average Bonchev–Trinajstić information content (AvgIpc) is 3.64. The Morgan fingerprint density at radius 2 is 1.76 bits per heavy atom. The lowest BCUT2D eigenvalue weighted by Crippen LogP contribution is -2.40. The lowest BCUT2D eigenvalue weighted by Gasteiger charge is -2.32. The molecule has 0 spiro atoms. The van der Waals surface area contributed by atoms with E-state index in [2.05, 4.69) is 5.10 Å². The summed E-state index contributed by atoms with van der Waals surface area (Å²) in [5, 5.41) is 4.67. The van der Waals surface area contributed by atoms with Crippen LogP contribution < -0.4 is 19.9 Å². The number of benzene rings is 1. The molecule has 10 nitrogen and oxygen atoms in total. The smallest absolute Gasteiger partial charge is 0.346 e. The molecule has 180 valence electrons. The van der Waals surface area contributed by atoms with Crippen LogP contribution in [-0.2, 0) is 11.3 Å². The first-order valence-electron chi connectivity index (χ1n) is 11.3. The molecule has 1 aliphatic heterocycles. The minimum Gasteiger partial charge on any atom is -0.493 e. The van der Waals surface area contributed by atoms with E-state index in [1.54, 1.807) is 19.2 Å². The average molecular weight is 461 g/mol. The lowest BCUT2D eigenvalue weighted by atomic mass is 9.96. The van der Waals surface area contributed by atoms with Crippen LogP contribution in [0.4, 0.5) is 0 Å². The summed E-state index contributed by atoms with van der Waals surface area (Å²) in [4.78, 5) is 28.2. The Hall–Kier alpha value is -3.01. The summed E-state index contributed by atoms with van der Waals surface area (Å²) in [7, 11) is 6.19. The van der Waals surface area contributed by atoms with Crippen molar-refractivity contribution in [2.24, 2.45) is 0 Å². The number of carbonyl (C=O) groups excluding carboxylic acids is 1. The number of aromatic nitrogens is 3. The highest BCUT2D eigenvalue weighted by Gasteiger charge is 2.35. The van der Waals surface area contributed by atoms with Crippen LogP contribution in [0.1, 0.15) is 53.8 Å². The highest BCUT2D eigenvalue weighted by atomic mass is 16.5. The lowest BCUT2D eigenvalue weighted by molar-refractivity contribution is 0.0702. The third kappa shape index (κ3) is 4.57. The topological polar surface area (TPSA) is 97.1 Å². The number of piperidine rings is 1. The minimum atomic E-state index is -0.113. The van der Waals surface area contributed by atoms with Gasteiger partial charge in [0.1, 0.15) is 5.82 Å². The van der Waals surface area contributed by atoms with Gasteiger partial charge in [-0.05, 0) is 37.8 Å². The Morgan fingerprint density at radius 1 is 1.06 bits per heavy atom. The van der Waals surface area contributed by atoms with Gasteiger partial charge in [0.25, 0.3) is 5.91 Å². The van der Waals surface area contributed by atoms with Gasteiger partial charge in [-0.1, -0.05) is 0 Å². The maximum Gasteiger partial charge on any atom is 0.346 e. The van der Waals surface area contributed by atoms with E-state index in [0.717, 1.165) is 31.5 Å². The number of hydrogen-bond donors (Lipinski definition) is 0. The quantitative estimate of drug-likeness (QED) is 0.565. The van der Waals surface area contributed by atoms with E-state index in [4.69, 9.17) is 18.9 Å². The van der Waals surface area contributed by atoms with Gasteiger partial charge < -0.3 is 23.8 Å². The molecule has 1 aromatic heterocycles. The normalized spacial score (nSPS) is 18.3. The predicted octanol–water partition coefficient (Wildman–Crippen LogP) is 2.07. The van der Waals surface area contributed by atoms with Crippen LogP contribution in [0.25, 0.3) is 0 Å². The Morgan fingerprint density at radius 3 is 2.33 bits per heavy atom. The highest BCUT2D eigenvalue weighted by molar-refractivity contribution is 5.95. The molecule has 10 heteroatoms. The molecule has 0 bridgehead atoms. The number of rotatable bonds is 9. The fraction of sp³-hybridized carbons (Fsp3) is 0.609. The van der Waals surface area contributed by atoms with Crippen LogP contribution in [0.5, 0.6) is 17.2 Å². The molecule has 33 heavy (non-hydrogen) atoms. The summed E-state index contributed by atoms with van der Waals surface area (Å²) in [6.45, 7) is 1.99. The fourth-order valence-electron chi connectivity index (χ4n) is 4.47. The largest absolute Gasteiger partial charge is 0.493 e. The Balaban J connectivity index is 1.60. The van der Waals surface area contributed by atoms with E-state index < -0.39 is 0 Å². The first-order valence-corrected chi connectivity index (χ1v) is 11.3. The molecule has 2 heterocycles. The van der Waals surface area contributed by atoms with Gasteiger partial charge in [0.05, 0.1) is 34.5 Å². The van der Waals surface area contributed by atoms with E-state index >= 15 is 0 Å². The van der Waals surface area contributed by atoms with E-state index in [1.165, 1.54) is 26.0 Å². The molecule has 0 radical (unpaired) electrons. The number of ether oxygens (including phenoxy) is 4. The van der Waals surface area contributed by atoms with E-state index in [9.17, 15) is 9.59 Å². The molecule has 2 fully saturated rings. The van der Waals surface area contributed by atoms with Crippen molar-refractivity contribution in [2.75, 3.05) is 48.1 Å². The van der Waals surface area contributed by atoms with Gasteiger partial charge in [0.2, 0.25) is 5.75 Å². The summed E-state index contributed by atoms with van der Waals surface area (Å²) < 4.78 is 24.7. The second-order valence-electron chi connectivity index (χ2n) is 8.46. The van der Waals surface area contributed by atoms with Gasteiger partial charge in [-0.15, -0.1) is 0 Å². The molecule has 2 aliphatic rings. The molecular weight excluding hydrogens is 428 g/mol. The van der Waals surface area contributed by atoms with Crippen molar-refractivity contribution < 1.29 is 23.7 Å². The number of methoxy groups -OCH3 is 4.